The van der Waals surface area contributed by atoms with E-state index < -0.39 is 0 Å². The van der Waals surface area contributed by atoms with Crippen LogP contribution >= 0.6 is 15.9 Å². The van der Waals surface area contributed by atoms with E-state index in [0.29, 0.717) is 32.9 Å². The number of rotatable bonds is 9. The van der Waals surface area contributed by atoms with Gasteiger partial charge in [-0.15, -0.1) is 0 Å². The van der Waals surface area contributed by atoms with Gasteiger partial charge in [-0.1, -0.05) is 28.1 Å². The monoisotopic (exact) mass is 412 g/mol. The van der Waals surface area contributed by atoms with Crippen molar-refractivity contribution in [1.82, 2.24) is 10.6 Å². The first-order valence-corrected chi connectivity index (χ1v) is 9.78. The predicted octanol–water partition coefficient (Wildman–Crippen LogP) is 2.98. The fraction of sp³-hybridized carbons (Fsp3) is 0.632. The molecule has 1 aromatic carbocycles. The van der Waals surface area contributed by atoms with Gasteiger partial charge in [0.15, 0.2) is 0 Å². The summed E-state index contributed by atoms with van der Waals surface area (Å²) in [4.78, 5) is 12.2. The van der Waals surface area contributed by atoms with Crippen molar-refractivity contribution in [1.29, 1.82) is 0 Å². The largest absolute Gasteiger partial charge is 0.381 e. The Bertz CT molecular complexity index is 545. The molecular formula is C19H29BrN2O3. The van der Waals surface area contributed by atoms with Gasteiger partial charge in [0.2, 0.25) is 5.91 Å². The Morgan fingerprint density at radius 3 is 2.80 bits per heavy atom. The summed E-state index contributed by atoms with van der Waals surface area (Å²) >= 11 is 3.54. The van der Waals surface area contributed by atoms with Gasteiger partial charge in [-0.25, -0.2) is 0 Å². The number of ether oxygens (including phenoxy) is 2. The molecule has 2 rings (SSSR count). The fourth-order valence-electron chi connectivity index (χ4n) is 3.00. The Morgan fingerprint density at radius 2 is 2.12 bits per heavy atom. The lowest BCUT2D eigenvalue weighted by molar-refractivity contribution is -0.121. The second-order valence-electron chi connectivity index (χ2n) is 6.68. The van der Waals surface area contributed by atoms with Crippen LogP contribution in [0.1, 0.15) is 38.7 Å². The van der Waals surface area contributed by atoms with Gasteiger partial charge in [-0.2, -0.15) is 0 Å². The van der Waals surface area contributed by atoms with Crippen LogP contribution in [0.3, 0.4) is 0 Å². The van der Waals surface area contributed by atoms with Crippen LogP contribution in [0.15, 0.2) is 28.7 Å². The number of halogens is 1. The highest BCUT2D eigenvalue weighted by Crippen LogP contribution is 2.33. The van der Waals surface area contributed by atoms with Crippen LogP contribution < -0.4 is 10.6 Å². The van der Waals surface area contributed by atoms with Crippen molar-refractivity contribution in [3.63, 3.8) is 0 Å². The lowest BCUT2D eigenvalue weighted by Gasteiger charge is -2.38. The highest BCUT2D eigenvalue weighted by molar-refractivity contribution is 9.10. The topological polar surface area (TPSA) is 59.6 Å². The van der Waals surface area contributed by atoms with E-state index in [2.05, 4.69) is 38.7 Å². The molecule has 1 amide bonds. The third kappa shape index (κ3) is 6.70. The molecule has 6 heteroatoms. The molecule has 1 aromatic rings. The van der Waals surface area contributed by atoms with Crippen LogP contribution in [-0.2, 0) is 19.8 Å². The van der Waals surface area contributed by atoms with Crippen molar-refractivity contribution >= 4 is 21.8 Å². The van der Waals surface area contributed by atoms with E-state index in [1.807, 2.05) is 26.0 Å². The van der Waals surface area contributed by atoms with E-state index in [0.717, 1.165) is 23.7 Å². The fourth-order valence-corrected chi connectivity index (χ4v) is 3.40. The molecule has 1 fully saturated rings. The second kappa shape index (κ2) is 10.3. The van der Waals surface area contributed by atoms with E-state index in [-0.39, 0.29) is 17.6 Å². The molecule has 0 radical (unpaired) electrons. The minimum atomic E-state index is -0.208. The predicted molar refractivity (Wildman–Crippen MR) is 103 cm³/mol. The molecule has 0 unspecified atom stereocenters. The zero-order chi connectivity index (χ0) is 18.1. The minimum absolute atomic E-state index is 0.0189. The molecule has 0 spiro atoms. The highest BCUT2D eigenvalue weighted by Gasteiger charge is 2.34. The molecule has 140 valence electrons. The summed E-state index contributed by atoms with van der Waals surface area (Å²) in [5.74, 6) is 0.0189. The van der Waals surface area contributed by atoms with E-state index in [1.54, 1.807) is 0 Å². The van der Waals surface area contributed by atoms with Gasteiger partial charge in [-0.05, 0) is 50.8 Å². The summed E-state index contributed by atoms with van der Waals surface area (Å²) in [6.45, 7) is 7.04. The van der Waals surface area contributed by atoms with Crippen molar-refractivity contribution in [2.45, 2.75) is 44.8 Å². The Balaban J connectivity index is 1.85. The first-order chi connectivity index (χ1) is 12.0. The smallest absolute Gasteiger partial charge is 0.233 e. The number of benzene rings is 1. The Kier molecular flexibility index (Phi) is 8.36. The van der Waals surface area contributed by atoms with Gasteiger partial charge in [0.05, 0.1) is 12.6 Å². The molecule has 0 saturated carbocycles. The second-order valence-corrected chi connectivity index (χ2v) is 7.60. The number of carbonyl (C=O) groups is 1. The maximum absolute atomic E-state index is 12.2. The average Bonchev–Trinajstić information content (AvgIpc) is 2.60. The molecule has 0 aromatic heterocycles. The summed E-state index contributed by atoms with van der Waals surface area (Å²) in [5, 5.41) is 6.45. The summed E-state index contributed by atoms with van der Waals surface area (Å²) < 4.78 is 12.1. The van der Waals surface area contributed by atoms with Crippen LogP contribution in [0, 0.1) is 0 Å². The number of nitrogens with one attached hydrogen (secondary N) is 2. The number of hydrogen-bond donors (Lipinski definition) is 2. The number of amides is 1. The Morgan fingerprint density at radius 1 is 1.36 bits per heavy atom. The van der Waals surface area contributed by atoms with Crippen LogP contribution in [0.2, 0.25) is 0 Å². The van der Waals surface area contributed by atoms with E-state index in [9.17, 15) is 4.79 Å². The van der Waals surface area contributed by atoms with Gasteiger partial charge in [0, 0.05) is 36.4 Å². The van der Waals surface area contributed by atoms with Crippen LogP contribution in [0.25, 0.3) is 0 Å². The maximum atomic E-state index is 12.2. The molecule has 0 bridgehead atoms. The lowest BCUT2D eigenvalue weighted by atomic mass is 9.82. The summed E-state index contributed by atoms with van der Waals surface area (Å²) in [6, 6.07) is 8.29. The molecule has 0 aliphatic carbocycles. The molecule has 25 heavy (non-hydrogen) atoms. The van der Waals surface area contributed by atoms with Crippen LogP contribution in [0.4, 0.5) is 0 Å². The zero-order valence-corrected chi connectivity index (χ0v) is 16.7. The standard InChI is InChI=1S/C19H29BrN2O3/c1-15(2)25-10-4-9-21-18(23)14-22-19(7-11-24-12-8-19)16-5-3-6-17(20)13-16/h3,5-6,13,15,22H,4,7-12,14H2,1-2H3,(H,21,23). The zero-order valence-electron chi connectivity index (χ0n) is 15.1. The molecule has 2 N–H and O–H groups in total. The van der Waals surface area contributed by atoms with Gasteiger partial charge in [-0.3, -0.25) is 10.1 Å². The summed E-state index contributed by atoms with van der Waals surface area (Å²) in [6.07, 6.45) is 2.78. The number of hydrogen-bond acceptors (Lipinski definition) is 4. The van der Waals surface area contributed by atoms with Gasteiger partial charge in [0.25, 0.3) is 0 Å². The minimum Gasteiger partial charge on any atom is -0.381 e. The molecular weight excluding hydrogens is 384 g/mol. The van der Waals surface area contributed by atoms with Gasteiger partial charge < -0.3 is 14.8 Å². The Hall–Kier alpha value is -0.950. The van der Waals surface area contributed by atoms with Crippen molar-refractivity contribution in [3.05, 3.63) is 34.3 Å². The summed E-state index contributed by atoms with van der Waals surface area (Å²) in [7, 11) is 0. The van der Waals surface area contributed by atoms with Crippen molar-refractivity contribution in [2.24, 2.45) is 0 Å². The molecule has 1 aliphatic rings. The summed E-state index contributed by atoms with van der Waals surface area (Å²) in [5.41, 5.74) is 0.989. The molecule has 1 saturated heterocycles. The third-order valence-corrected chi connectivity index (χ3v) is 4.90. The highest BCUT2D eigenvalue weighted by atomic mass is 79.9. The normalized spacial score (nSPS) is 16.8. The molecule has 1 heterocycles. The third-order valence-electron chi connectivity index (χ3n) is 4.41. The van der Waals surface area contributed by atoms with Crippen molar-refractivity contribution in [2.75, 3.05) is 32.9 Å². The van der Waals surface area contributed by atoms with Crippen molar-refractivity contribution < 1.29 is 14.3 Å². The van der Waals surface area contributed by atoms with Crippen molar-refractivity contribution in [3.8, 4) is 0 Å². The van der Waals surface area contributed by atoms with Crippen LogP contribution in [0.5, 0.6) is 0 Å². The van der Waals surface area contributed by atoms with E-state index in [1.165, 1.54) is 5.56 Å². The van der Waals surface area contributed by atoms with Crippen LogP contribution in [-0.4, -0.2) is 44.9 Å². The molecule has 5 nitrogen and oxygen atoms in total. The lowest BCUT2D eigenvalue weighted by Crippen LogP contribution is -2.50. The number of carbonyl (C=O) groups excluding carboxylic acids is 1. The quantitative estimate of drug-likeness (QED) is 0.612. The SMILES string of the molecule is CC(C)OCCCNC(=O)CNC1(c2cccc(Br)c2)CCOCC1. The maximum Gasteiger partial charge on any atom is 0.233 e. The first-order valence-electron chi connectivity index (χ1n) is 8.99. The molecule has 0 atom stereocenters. The first kappa shape index (κ1) is 20.4. The Labute approximate surface area is 159 Å². The van der Waals surface area contributed by atoms with Gasteiger partial charge >= 0.3 is 0 Å². The van der Waals surface area contributed by atoms with Gasteiger partial charge in [0.1, 0.15) is 0 Å². The van der Waals surface area contributed by atoms with E-state index in [4.69, 9.17) is 9.47 Å². The van der Waals surface area contributed by atoms with E-state index >= 15 is 0 Å². The molecule has 1 aliphatic heterocycles. The average molecular weight is 413 g/mol.